The highest BCUT2D eigenvalue weighted by Gasteiger charge is 2.02. The van der Waals surface area contributed by atoms with Crippen molar-refractivity contribution >= 4 is 10.4 Å². The van der Waals surface area contributed by atoms with Crippen LogP contribution in [0.1, 0.15) is 58.3 Å². The minimum Gasteiger partial charge on any atom is -0.381 e. The Hall–Kier alpha value is -0.170. The van der Waals surface area contributed by atoms with Gasteiger partial charge in [-0.3, -0.25) is 4.55 Å². The molecule has 0 heterocycles. The van der Waals surface area contributed by atoms with E-state index < -0.39 is 10.4 Å². The lowest BCUT2D eigenvalue weighted by molar-refractivity contribution is 0.122. The fourth-order valence-electron chi connectivity index (χ4n) is 1.56. The van der Waals surface area contributed by atoms with Gasteiger partial charge in [0.1, 0.15) is 0 Å². The number of ether oxygens (including phenoxy) is 1. The van der Waals surface area contributed by atoms with E-state index in [4.69, 9.17) is 9.29 Å². The Morgan fingerprint density at radius 2 is 1.33 bits per heavy atom. The van der Waals surface area contributed by atoms with Crippen LogP contribution in [0.3, 0.4) is 0 Å². The van der Waals surface area contributed by atoms with Crippen LogP contribution in [0, 0.1) is 0 Å². The number of unbranched alkanes of at least 4 members (excludes halogenated alkanes) is 6. The molecule has 0 aliphatic heterocycles. The Labute approximate surface area is 111 Å². The quantitative estimate of drug-likeness (QED) is 0.415. The van der Waals surface area contributed by atoms with Gasteiger partial charge < -0.3 is 4.74 Å². The van der Waals surface area contributed by atoms with Crippen LogP contribution < -0.4 is 0 Å². The van der Waals surface area contributed by atoms with E-state index in [9.17, 15) is 8.42 Å². The molecule has 0 fully saturated rings. The normalized spacial score (nSPS) is 11.9. The van der Waals surface area contributed by atoms with Crippen LogP contribution in [0.15, 0.2) is 0 Å². The Balaban J connectivity index is 3.03. The second-order valence-corrected chi connectivity index (χ2v) is 5.43. The Kier molecular flexibility index (Phi) is 11.8. The molecule has 0 aliphatic carbocycles. The van der Waals surface area contributed by atoms with Crippen LogP contribution in [0.25, 0.3) is 0 Å². The molecule has 0 aromatic rings. The van der Waals surface area contributed by atoms with Gasteiger partial charge in [0.2, 0.25) is 0 Å². The standard InChI is InChI=1S/C12H26O5S/c1-2-3-4-5-6-7-10-16-11-8-9-12-17-18(13,14)15/h2-12H2,1H3,(H,13,14,15). The van der Waals surface area contributed by atoms with Crippen molar-refractivity contribution in [1.82, 2.24) is 0 Å². The average molecular weight is 282 g/mol. The molecule has 5 nitrogen and oxygen atoms in total. The zero-order chi connectivity index (χ0) is 13.7. The highest BCUT2D eigenvalue weighted by molar-refractivity contribution is 7.80. The Morgan fingerprint density at radius 3 is 1.94 bits per heavy atom. The summed E-state index contributed by atoms with van der Waals surface area (Å²) in [4.78, 5) is 0. The average Bonchev–Trinajstić information content (AvgIpc) is 2.29. The summed E-state index contributed by atoms with van der Waals surface area (Å²) in [5, 5.41) is 0. The maximum absolute atomic E-state index is 10.2. The maximum atomic E-state index is 10.2. The van der Waals surface area contributed by atoms with Crippen LogP contribution >= 0.6 is 0 Å². The van der Waals surface area contributed by atoms with Crippen molar-refractivity contribution in [2.75, 3.05) is 19.8 Å². The molecule has 0 atom stereocenters. The van der Waals surface area contributed by atoms with Gasteiger partial charge in [0.05, 0.1) is 6.61 Å². The summed E-state index contributed by atoms with van der Waals surface area (Å²) < 4.78 is 38.3. The first-order chi connectivity index (χ1) is 8.56. The highest BCUT2D eigenvalue weighted by Crippen LogP contribution is 2.05. The first-order valence-electron chi connectivity index (χ1n) is 6.76. The van der Waals surface area contributed by atoms with Gasteiger partial charge in [-0.1, -0.05) is 39.0 Å². The van der Waals surface area contributed by atoms with Crippen LogP contribution in [0.2, 0.25) is 0 Å². The molecule has 0 aromatic carbocycles. The van der Waals surface area contributed by atoms with Gasteiger partial charge in [-0.15, -0.1) is 0 Å². The van der Waals surface area contributed by atoms with E-state index in [1.807, 2.05) is 0 Å². The summed E-state index contributed by atoms with van der Waals surface area (Å²) in [5.74, 6) is 0. The molecule has 0 unspecified atom stereocenters. The van der Waals surface area contributed by atoms with Gasteiger partial charge in [0, 0.05) is 13.2 Å². The topological polar surface area (TPSA) is 72.8 Å². The first-order valence-corrected chi connectivity index (χ1v) is 8.12. The third-order valence-corrected chi connectivity index (χ3v) is 3.02. The molecule has 0 aliphatic rings. The summed E-state index contributed by atoms with van der Waals surface area (Å²) in [6, 6.07) is 0. The molecule has 18 heavy (non-hydrogen) atoms. The predicted molar refractivity (Wildman–Crippen MR) is 70.9 cm³/mol. The monoisotopic (exact) mass is 282 g/mol. The van der Waals surface area contributed by atoms with E-state index in [-0.39, 0.29) is 6.61 Å². The van der Waals surface area contributed by atoms with E-state index in [2.05, 4.69) is 11.1 Å². The molecule has 0 aromatic heterocycles. The molecule has 6 heteroatoms. The van der Waals surface area contributed by atoms with Crippen LogP contribution in [0.4, 0.5) is 0 Å². The number of hydrogen-bond donors (Lipinski definition) is 1. The summed E-state index contributed by atoms with van der Waals surface area (Å²) in [5.41, 5.74) is 0. The molecule has 0 saturated carbocycles. The van der Waals surface area contributed by atoms with Crippen molar-refractivity contribution < 1.29 is 21.9 Å². The summed E-state index contributed by atoms with van der Waals surface area (Å²) >= 11 is 0. The molecule has 0 bridgehead atoms. The highest BCUT2D eigenvalue weighted by atomic mass is 32.3. The molecule has 0 spiro atoms. The third kappa shape index (κ3) is 15.8. The second kappa shape index (κ2) is 11.9. The molecule has 0 amide bonds. The zero-order valence-electron chi connectivity index (χ0n) is 11.3. The van der Waals surface area contributed by atoms with Gasteiger partial charge in [0.15, 0.2) is 0 Å². The van der Waals surface area contributed by atoms with Crippen molar-refractivity contribution in [3.63, 3.8) is 0 Å². The van der Waals surface area contributed by atoms with Gasteiger partial charge in [-0.25, -0.2) is 4.18 Å². The van der Waals surface area contributed by atoms with E-state index in [0.717, 1.165) is 19.4 Å². The molecule has 0 saturated heterocycles. The van der Waals surface area contributed by atoms with Gasteiger partial charge in [0.25, 0.3) is 0 Å². The van der Waals surface area contributed by atoms with E-state index in [0.29, 0.717) is 13.0 Å². The van der Waals surface area contributed by atoms with Gasteiger partial charge in [-0.05, 0) is 19.3 Å². The zero-order valence-corrected chi connectivity index (χ0v) is 12.1. The van der Waals surface area contributed by atoms with E-state index in [1.54, 1.807) is 0 Å². The fourth-order valence-corrected chi connectivity index (χ4v) is 1.89. The predicted octanol–water partition coefficient (Wildman–Crippen LogP) is 2.96. The SMILES string of the molecule is CCCCCCCCOCCCCOS(=O)(=O)O. The summed E-state index contributed by atoms with van der Waals surface area (Å²) in [7, 11) is -4.28. The first kappa shape index (κ1) is 17.8. The van der Waals surface area contributed by atoms with Crippen molar-refractivity contribution in [2.24, 2.45) is 0 Å². The van der Waals surface area contributed by atoms with E-state index in [1.165, 1.54) is 32.1 Å². The van der Waals surface area contributed by atoms with Crippen molar-refractivity contribution in [1.29, 1.82) is 0 Å². The second-order valence-electron chi connectivity index (χ2n) is 4.34. The lowest BCUT2D eigenvalue weighted by Crippen LogP contribution is -2.06. The molecular weight excluding hydrogens is 256 g/mol. The smallest absolute Gasteiger partial charge is 0.381 e. The van der Waals surface area contributed by atoms with E-state index >= 15 is 0 Å². The minimum absolute atomic E-state index is 0.0131. The molecular formula is C12H26O5S. The Bertz CT molecular complexity index is 264. The number of hydrogen-bond acceptors (Lipinski definition) is 4. The molecule has 0 rings (SSSR count). The summed E-state index contributed by atoms with van der Waals surface area (Å²) in [6.07, 6.45) is 8.78. The van der Waals surface area contributed by atoms with Crippen LogP contribution in [0.5, 0.6) is 0 Å². The lowest BCUT2D eigenvalue weighted by atomic mass is 10.1. The largest absolute Gasteiger partial charge is 0.397 e. The van der Waals surface area contributed by atoms with Crippen LogP contribution in [-0.2, 0) is 19.3 Å². The molecule has 0 radical (unpaired) electrons. The van der Waals surface area contributed by atoms with Crippen molar-refractivity contribution in [2.45, 2.75) is 58.3 Å². The van der Waals surface area contributed by atoms with Crippen molar-refractivity contribution in [3.05, 3.63) is 0 Å². The summed E-state index contributed by atoms with van der Waals surface area (Å²) in [6.45, 7) is 3.60. The molecule has 1 N–H and O–H groups in total. The fraction of sp³-hybridized carbons (Fsp3) is 1.00. The Morgan fingerprint density at radius 1 is 0.833 bits per heavy atom. The lowest BCUT2D eigenvalue weighted by Gasteiger charge is -2.04. The third-order valence-electron chi connectivity index (χ3n) is 2.56. The van der Waals surface area contributed by atoms with Crippen molar-refractivity contribution in [3.8, 4) is 0 Å². The minimum atomic E-state index is -4.28. The number of rotatable bonds is 13. The molecule has 110 valence electrons. The van der Waals surface area contributed by atoms with Crippen LogP contribution in [-0.4, -0.2) is 32.8 Å². The maximum Gasteiger partial charge on any atom is 0.397 e. The van der Waals surface area contributed by atoms with Gasteiger partial charge >= 0.3 is 10.4 Å². The van der Waals surface area contributed by atoms with Gasteiger partial charge in [-0.2, -0.15) is 8.42 Å².